The first kappa shape index (κ1) is 9.59. The molecule has 6 nitrogen and oxygen atoms in total. The Bertz CT molecular complexity index is 400. The first-order valence-electron chi connectivity index (χ1n) is 3.45. The van der Waals surface area contributed by atoms with E-state index < -0.39 is 4.92 Å². The summed E-state index contributed by atoms with van der Waals surface area (Å²) in [4.78, 5) is 13.8. The number of anilines is 1. The monoisotopic (exact) mass is 200 g/mol. The molecule has 0 saturated heterocycles. The lowest BCUT2D eigenvalue weighted by atomic mass is 10.5. The van der Waals surface area contributed by atoms with E-state index in [1.54, 1.807) is 14.1 Å². The van der Waals surface area contributed by atoms with Crippen molar-refractivity contribution in [3.05, 3.63) is 21.1 Å². The van der Waals surface area contributed by atoms with Gasteiger partial charge >= 0.3 is 5.69 Å². The molecule has 0 fully saturated rings. The van der Waals surface area contributed by atoms with E-state index >= 15 is 0 Å². The number of hydrogen-bond acceptors (Lipinski definition) is 5. The van der Waals surface area contributed by atoms with Crippen molar-refractivity contribution in [1.82, 2.24) is 9.55 Å². The van der Waals surface area contributed by atoms with Crippen molar-refractivity contribution in [2.45, 2.75) is 0 Å². The summed E-state index contributed by atoms with van der Waals surface area (Å²) in [6.45, 7) is 0. The summed E-state index contributed by atoms with van der Waals surface area (Å²) in [5, 5.41) is 13.3. The molecule has 0 amide bonds. The second-order valence-corrected chi connectivity index (χ2v) is 2.75. The summed E-state index contributed by atoms with van der Waals surface area (Å²) < 4.78 is 1.50. The third-order valence-electron chi connectivity index (χ3n) is 1.55. The van der Waals surface area contributed by atoms with Crippen LogP contribution in [-0.4, -0.2) is 21.5 Å². The van der Waals surface area contributed by atoms with Gasteiger partial charge in [0.05, 0.1) is 11.3 Å². The Morgan fingerprint density at radius 2 is 2.38 bits per heavy atom. The molecule has 0 bridgehead atoms. The minimum atomic E-state index is -0.541. The van der Waals surface area contributed by atoms with Gasteiger partial charge in [0, 0.05) is 14.1 Å². The lowest BCUT2D eigenvalue weighted by Gasteiger charge is -2.06. The predicted octanol–water partition coefficient (Wildman–Crippen LogP) is 1.10. The highest BCUT2D eigenvalue weighted by Gasteiger charge is 2.17. The Balaban J connectivity index is 3.53. The van der Waals surface area contributed by atoms with E-state index in [2.05, 4.69) is 10.3 Å². The van der Waals surface area contributed by atoms with E-state index in [4.69, 9.17) is 12.2 Å². The Kier molecular flexibility index (Phi) is 2.57. The first-order chi connectivity index (χ1) is 6.07. The molecular weight excluding hydrogens is 192 g/mol. The lowest BCUT2D eigenvalue weighted by Crippen LogP contribution is -2.07. The van der Waals surface area contributed by atoms with E-state index in [0.717, 1.165) is 0 Å². The van der Waals surface area contributed by atoms with E-state index in [9.17, 15) is 10.1 Å². The molecule has 1 rings (SSSR count). The van der Waals surface area contributed by atoms with Crippen LogP contribution in [0.4, 0.5) is 11.5 Å². The summed E-state index contributed by atoms with van der Waals surface area (Å²) >= 11 is 4.74. The van der Waals surface area contributed by atoms with E-state index in [-0.39, 0.29) is 10.3 Å². The van der Waals surface area contributed by atoms with E-state index in [1.807, 2.05) is 0 Å². The minimum Gasteiger partial charge on any atom is -0.369 e. The van der Waals surface area contributed by atoms with Gasteiger partial charge in [-0.25, -0.2) is 4.98 Å². The summed E-state index contributed by atoms with van der Waals surface area (Å²) in [6, 6.07) is 0. The first-order valence-corrected chi connectivity index (χ1v) is 3.86. The standard InChI is InChI=1S/C6H8N4O2S/c1-7-5-4(10(11)12)6(13)8-3-9(5)2/h3,7H,1-2H3. The fourth-order valence-electron chi connectivity index (χ4n) is 0.986. The predicted molar refractivity (Wildman–Crippen MR) is 50.2 cm³/mol. The van der Waals surface area contributed by atoms with Crippen LogP contribution in [0, 0.1) is 14.8 Å². The molecule has 0 radical (unpaired) electrons. The van der Waals surface area contributed by atoms with Gasteiger partial charge in [0.2, 0.25) is 4.64 Å². The fraction of sp³-hybridized carbons (Fsp3) is 0.333. The maximum absolute atomic E-state index is 10.6. The number of nitrogens with one attached hydrogen (secondary N) is 1. The third-order valence-corrected chi connectivity index (χ3v) is 1.85. The highest BCUT2D eigenvalue weighted by molar-refractivity contribution is 7.71. The van der Waals surface area contributed by atoms with Crippen molar-refractivity contribution in [3.63, 3.8) is 0 Å². The Morgan fingerprint density at radius 3 is 2.77 bits per heavy atom. The molecule has 0 unspecified atom stereocenters. The van der Waals surface area contributed by atoms with Crippen molar-refractivity contribution in [1.29, 1.82) is 0 Å². The molecule has 7 heteroatoms. The van der Waals surface area contributed by atoms with Gasteiger partial charge in [-0.1, -0.05) is 12.2 Å². The van der Waals surface area contributed by atoms with Crippen molar-refractivity contribution >= 4 is 23.7 Å². The zero-order chi connectivity index (χ0) is 10.0. The Morgan fingerprint density at radius 1 is 1.77 bits per heavy atom. The molecule has 0 aliphatic heterocycles. The number of aryl methyl sites for hydroxylation is 1. The zero-order valence-corrected chi connectivity index (χ0v) is 7.96. The average Bonchev–Trinajstić information content (AvgIpc) is 2.07. The quantitative estimate of drug-likeness (QED) is 0.439. The van der Waals surface area contributed by atoms with Crippen LogP contribution in [0.25, 0.3) is 0 Å². The van der Waals surface area contributed by atoms with Crippen LogP contribution in [0.2, 0.25) is 0 Å². The highest BCUT2D eigenvalue weighted by atomic mass is 32.1. The molecule has 0 spiro atoms. The number of hydrogen-bond donors (Lipinski definition) is 1. The largest absolute Gasteiger partial charge is 0.369 e. The summed E-state index contributed by atoms with van der Waals surface area (Å²) in [6.07, 6.45) is 1.43. The summed E-state index contributed by atoms with van der Waals surface area (Å²) in [5.74, 6) is 0.352. The number of nitro groups is 1. The van der Waals surface area contributed by atoms with Crippen LogP contribution < -0.4 is 5.32 Å². The van der Waals surface area contributed by atoms with Crippen molar-refractivity contribution in [2.75, 3.05) is 12.4 Å². The van der Waals surface area contributed by atoms with Gasteiger partial charge in [-0.15, -0.1) is 0 Å². The highest BCUT2D eigenvalue weighted by Crippen LogP contribution is 2.22. The molecule has 0 aliphatic rings. The second kappa shape index (κ2) is 3.48. The van der Waals surface area contributed by atoms with Crippen molar-refractivity contribution in [2.24, 2.45) is 7.05 Å². The van der Waals surface area contributed by atoms with Crippen molar-refractivity contribution < 1.29 is 4.92 Å². The topological polar surface area (TPSA) is 73.0 Å². The van der Waals surface area contributed by atoms with E-state index in [1.165, 1.54) is 10.9 Å². The molecule has 1 aromatic rings. The summed E-state index contributed by atoms with van der Waals surface area (Å²) in [5.41, 5.74) is -0.164. The van der Waals surface area contributed by atoms with Crippen LogP contribution in [-0.2, 0) is 7.05 Å². The smallest absolute Gasteiger partial charge is 0.345 e. The van der Waals surface area contributed by atoms with E-state index in [0.29, 0.717) is 5.82 Å². The molecule has 0 aliphatic carbocycles. The van der Waals surface area contributed by atoms with Gasteiger partial charge in [-0.05, 0) is 0 Å². The van der Waals surface area contributed by atoms with Gasteiger partial charge in [0.25, 0.3) is 0 Å². The second-order valence-electron chi connectivity index (χ2n) is 2.36. The van der Waals surface area contributed by atoms with Crippen LogP contribution in [0.1, 0.15) is 0 Å². The van der Waals surface area contributed by atoms with Gasteiger partial charge < -0.3 is 9.88 Å². The van der Waals surface area contributed by atoms with Gasteiger partial charge in [-0.2, -0.15) is 0 Å². The molecule has 1 heterocycles. The average molecular weight is 200 g/mol. The lowest BCUT2D eigenvalue weighted by molar-refractivity contribution is -0.385. The molecule has 0 saturated carbocycles. The maximum Gasteiger partial charge on any atom is 0.345 e. The number of aromatic nitrogens is 2. The van der Waals surface area contributed by atoms with Crippen LogP contribution in [0.15, 0.2) is 6.33 Å². The Hall–Kier alpha value is -1.50. The van der Waals surface area contributed by atoms with Crippen molar-refractivity contribution in [3.8, 4) is 0 Å². The molecule has 70 valence electrons. The molecule has 13 heavy (non-hydrogen) atoms. The van der Waals surface area contributed by atoms with Gasteiger partial charge in [-0.3, -0.25) is 10.1 Å². The molecule has 1 aromatic heterocycles. The molecular formula is C6H8N4O2S. The minimum absolute atomic E-state index is 0.00699. The summed E-state index contributed by atoms with van der Waals surface area (Å²) in [7, 11) is 3.25. The SMILES string of the molecule is CNc1c([N+](=O)[O-])c(=S)ncn1C. The van der Waals surface area contributed by atoms with Gasteiger partial charge in [0.1, 0.15) is 0 Å². The zero-order valence-electron chi connectivity index (χ0n) is 7.14. The van der Waals surface area contributed by atoms with Crippen LogP contribution in [0.5, 0.6) is 0 Å². The molecule has 1 N–H and O–H groups in total. The Labute approximate surface area is 79.4 Å². The van der Waals surface area contributed by atoms with Gasteiger partial charge in [0.15, 0.2) is 5.82 Å². The van der Waals surface area contributed by atoms with Crippen LogP contribution >= 0.6 is 12.2 Å². The third kappa shape index (κ3) is 1.64. The number of rotatable bonds is 2. The maximum atomic E-state index is 10.6. The van der Waals surface area contributed by atoms with Crippen LogP contribution in [0.3, 0.4) is 0 Å². The normalized spacial score (nSPS) is 9.69. The molecule has 0 atom stereocenters. The number of nitrogens with zero attached hydrogens (tertiary/aromatic N) is 3. The molecule has 0 aromatic carbocycles. The fourth-order valence-corrected chi connectivity index (χ4v) is 1.20.